The summed E-state index contributed by atoms with van der Waals surface area (Å²) in [5.74, 6) is 2.02. The van der Waals surface area contributed by atoms with Gasteiger partial charge in [0.15, 0.2) is 0 Å². The molecule has 3 nitrogen and oxygen atoms in total. The first-order valence-electron chi connectivity index (χ1n) is 8.18. The fraction of sp³-hybridized carbons (Fsp3) is 0.500. The molecule has 0 saturated heterocycles. The van der Waals surface area contributed by atoms with Crippen LogP contribution in [0.1, 0.15) is 29.8 Å². The van der Waals surface area contributed by atoms with E-state index in [1.165, 1.54) is 31.5 Å². The second-order valence-electron chi connectivity index (χ2n) is 6.52. The minimum absolute atomic E-state index is 0.657. The Labute approximate surface area is 126 Å². The van der Waals surface area contributed by atoms with Crippen molar-refractivity contribution in [1.82, 2.24) is 14.9 Å². The Bertz CT molecular complexity index is 616. The molecule has 1 aromatic carbocycles. The van der Waals surface area contributed by atoms with E-state index in [1.54, 1.807) is 11.1 Å². The van der Waals surface area contributed by atoms with Gasteiger partial charge in [-0.15, -0.1) is 0 Å². The molecule has 2 aromatic rings. The van der Waals surface area contributed by atoms with Gasteiger partial charge in [-0.05, 0) is 49.3 Å². The molecular weight excluding hydrogens is 258 g/mol. The van der Waals surface area contributed by atoms with Gasteiger partial charge in [0, 0.05) is 31.4 Å². The van der Waals surface area contributed by atoms with Crippen molar-refractivity contribution in [3.63, 3.8) is 0 Å². The van der Waals surface area contributed by atoms with Crippen molar-refractivity contribution in [1.29, 1.82) is 0 Å². The van der Waals surface area contributed by atoms with Crippen LogP contribution in [0.4, 0.5) is 0 Å². The van der Waals surface area contributed by atoms with Crippen LogP contribution in [0.3, 0.4) is 0 Å². The minimum Gasteiger partial charge on any atom is -0.335 e. The Morgan fingerprint density at radius 2 is 2.05 bits per heavy atom. The van der Waals surface area contributed by atoms with Gasteiger partial charge < -0.3 is 9.88 Å². The van der Waals surface area contributed by atoms with Gasteiger partial charge in [0.1, 0.15) is 5.82 Å². The largest absolute Gasteiger partial charge is 0.335 e. The zero-order chi connectivity index (χ0) is 14.1. The fourth-order valence-electron chi connectivity index (χ4n) is 3.81. The summed E-state index contributed by atoms with van der Waals surface area (Å²) in [6.45, 7) is 2.27. The molecule has 3 heteroatoms. The monoisotopic (exact) mass is 281 g/mol. The number of nitrogens with one attached hydrogen (secondary N) is 1. The smallest absolute Gasteiger partial charge is 0.108 e. The third kappa shape index (κ3) is 2.75. The Kier molecular flexibility index (Phi) is 3.52. The number of fused-ring (bicyclic) bond motifs is 2. The van der Waals surface area contributed by atoms with Gasteiger partial charge in [-0.25, -0.2) is 4.98 Å². The van der Waals surface area contributed by atoms with E-state index in [-0.39, 0.29) is 0 Å². The van der Waals surface area contributed by atoms with E-state index in [1.807, 2.05) is 6.20 Å². The standard InChI is InChI=1S/C18H23N3/c1-2-4-16-11-17(7-6-15(16)3-1)20-12-14-5-8-18-19-9-10-21(18)13-14/h1-4,9-10,14,17,20H,5-8,11-13H2/t14-,17-/m1/s1. The van der Waals surface area contributed by atoms with Crippen LogP contribution in [-0.4, -0.2) is 22.1 Å². The summed E-state index contributed by atoms with van der Waals surface area (Å²) in [7, 11) is 0. The first kappa shape index (κ1) is 13.1. The van der Waals surface area contributed by atoms with Gasteiger partial charge in [0.25, 0.3) is 0 Å². The van der Waals surface area contributed by atoms with E-state index in [9.17, 15) is 0 Å². The highest BCUT2D eigenvalue weighted by Gasteiger charge is 2.22. The molecular formula is C18H23N3. The molecule has 0 bridgehead atoms. The van der Waals surface area contributed by atoms with Crippen LogP contribution in [0, 0.1) is 5.92 Å². The maximum absolute atomic E-state index is 4.41. The molecule has 1 aliphatic carbocycles. The van der Waals surface area contributed by atoms with Crippen LogP contribution >= 0.6 is 0 Å². The predicted molar refractivity (Wildman–Crippen MR) is 84.3 cm³/mol. The molecule has 2 atom stereocenters. The van der Waals surface area contributed by atoms with Crippen LogP contribution in [0.15, 0.2) is 36.7 Å². The molecule has 0 unspecified atom stereocenters. The van der Waals surface area contributed by atoms with Crippen LogP contribution in [0.2, 0.25) is 0 Å². The minimum atomic E-state index is 0.657. The SMILES string of the molecule is c1ccc2c(c1)CC[C@@H](NC[C@H]1CCc3nccn3C1)C2. The number of hydrogen-bond donors (Lipinski definition) is 1. The van der Waals surface area contributed by atoms with Crippen LogP contribution in [0.25, 0.3) is 0 Å². The van der Waals surface area contributed by atoms with E-state index >= 15 is 0 Å². The molecule has 1 aliphatic heterocycles. The molecule has 1 aromatic heterocycles. The molecule has 2 heterocycles. The average Bonchev–Trinajstić information content (AvgIpc) is 3.00. The maximum atomic E-state index is 4.41. The third-order valence-electron chi connectivity index (χ3n) is 5.07. The first-order valence-corrected chi connectivity index (χ1v) is 8.18. The molecule has 0 radical (unpaired) electrons. The molecule has 4 rings (SSSR count). The van der Waals surface area contributed by atoms with Crippen molar-refractivity contribution in [2.75, 3.05) is 6.54 Å². The lowest BCUT2D eigenvalue weighted by Crippen LogP contribution is -2.39. The van der Waals surface area contributed by atoms with Crippen molar-refractivity contribution in [3.05, 3.63) is 53.6 Å². The van der Waals surface area contributed by atoms with Gasteiger partial charge >= 0.3 is 0 Å². The molecule has 21 heavy (non-hydrogen) atoms. The lowest BCUT2D eigenvalue weighted by molar-refractivity contribution is 0.322. The summed E-state index contributed by atoms with van der Waals surface area (Å²) >= 11 is 0. The van der Waals surface area contributed by atoms with E-state index in [4.69, 9.17) is 0 Å². The molecule has 1 N–H and O–H groups in total. The third-order valence-corrected chi connectivity index (χ3v) is 5.07. The summed E-state index contributed by atoms with van der Waals surface area (Å²) in [4.78, 5) is 4.41. The Morgan fingerprint density at radius 3 is 3.00 bits per heavy atom. The van der Waals surface area contributed by atoms with Crippen molar-refractivity contribution in [2.24, 2.45) is 5.92 Å². The maximum Gasteiger partial charge on any atom is 0.108 e. The number of nitrogens with zero attached hydrogens (tertiary/aromatic N) is 2. The van der Waals surface area contributed by atoms with Crippen molar-refractivity contribution in [3.8, 4) is 0 Å². The van der Waals surface area contributed by atoms with Crippen LogP contribution in [-0.2, 0) is 25.8 Å². The average molecular weight is 281 g/mol. The molecule has 110 valence electrons. The fourth-order valence-corrected chi connectivity index (χ4v) is 3.81. The topological polar surface area (TPSA) is 29.9 Å². The van der Waals surface area contributed by atoms with Crippen molar-refractivity contribution < 1.29 is 0 Å². The Balaban J connectivity index is 1.32. The molecule has 0 fully saturated rings. The molecule has 0 spiro atoms. The van der Waals surface area contributed by atoms with Gasteiger partial charge in [-0.3, -0.25) is 0 Å². The summed E-state index contributed by atoms with van der Waals surface area (Å²) in [6.07, 6.45) is 10.2. The predicted octanol–water partition coefficient (Wildman–Crippen LogP) is 2.59. The summed E-state index contributed by atoms with van der Waals surface area (Å²) in [6, 6.07) is 9.57. The first-order chi connectivity index (χ1) is 10.4. The zero-order valence-electron chi connectivity index (χ0n) is 12.5. The molecule has 2 aliphatic rings. The van der Waals surface area contributed by atoms with E-state index in [0.29, 0.717) is 6.04 Å². The second kappa shape index (κ2) is 5.64. The molecule has 0 amide bonds. The highest BCUT2D eigenvalue weighted by molar-refractivity contribution is 5.30. The lowest BCUT2D eigenvalue weighted by atomic mass is 9.88. The summed E-state index contributed by atoms with van der Waals surface area (Å²) in [5, 5.41) is 3.82. The number of aromatic nitrogens is 2. The second-order valence-corrected chi connectivity index (χ2v) is 6.52. The number of hydrogen-bond acceptors (Lipinski definition) is 2. The molecule has 0 saturated carbocycles. The van der Waals surface area contributed by atoms with Gasteiger partial charge in [-0.1, -0.05) is 24.3 Å². The quantitative estimate of drug-likeness (QED) is 0.937. The van der Waals surface area contributed by atoms with Crippen molar-refractivity contribution >= 4 is 0 Å². The zero-order valence-corrected chi connectivity index (χ0v) is 12.5. The number of benzene rings is 1. The van der Waals surface area contributed by atoms with Gasteiger partial charge in [0.2, 0.25) is 0 Å². The normalized spacial score (nSPS) is 24.4. The Morgan fingerprint density at radius 1 is 1.14 bits per heavy atom. The number of rotatable bonds is 3. The number of aryl methyl sites for hydroxylation is 2. The highest BCUT2D eigenvalue weighted by Crippen LogP contribution is 2.22. The summed E-state index contributed by atoms with van der Waals surface area (Å²) < 4.78 is 2.33. The van der Waals surface area contributed by atoms with E-state index < -0.39 is 0 Å². The lowest BCUT2D eigenvalue weighted by Gasteiger charge is -2.29. The summed E-state index contributed by atoms with van der Waals surface area (Å²) in [5.41, 5.74) is 3.10. The Hall–Kier alpha value is -1.61. The van der Waals surface area contributed by atoms with E-state index in [0.717, 1.165) is 25.4 Å². The van der Waals surface area contributed by atoms with Gasteiger partial charge in [0.05, 0.1) is 0 Å². The van der Waals surface area contributed by atoms with E-state index in [2.05, 4.69) is 45.3 Å². The van der Waals surface area contributed by atoms with Gasteiger partial charge in [-0.2, -0.15) is 0 Å². The van der Waals surface area contributed by atoms with Crippen LogP contribution < -0.4 is 5.32 Å². The highest BCUT2D eigenvalue weighted by atomic mass is 15.1. The van der Waals surface area contributed by atoms with Crippen molar-refractivity contribution in [2.45, 2.75) is 44.7 Å². The van der Waals surface area contributed by atoms with Crippen LogP contribution in [0.5, 0.6) is 0 Å². The number of imidazole rings is 1.